The zero-order chi connectivity index (χ0) is 13.1. The summed E-state index contributed by atoms with van der Waals surface area (Å²) < 4.78 is 0. The van der Waals surface area contributed by atoms with E-state index in [1.165, 1.54) is 0 Å². The molecule has 2 atom stereocenters. The molecule has 0 spiro atoms. The van der Waals surface area contributed by atoms with Crippen LogP contribution in [-0.4, -0.2) is 11.1 Å². The van der Waals surface area contributed by atoms with E-state index < -0.39 is 11.4 Å². The summed E-state index contributed by atoms with van der Waals surface area (Å²) >= 11 is 5.83. The third-order valence-corrected chi connectivity index (χ3v) is 3.74. The van der Waals surface area contributed by atoms with Crippen molar-refractivity contribution >= 4 is 17.6 Å². The van der Waals surface area contributed by atoms with Crippen LogP contribution in [0.15, 0.2) is 24.3 Å². The molecule has 3 heteroatoms. The van der Waals surface area contributed by atoms with Crippen molar-refractivity contribution in [2.75, 3.05) is 0 Å². The molecule has 0 heterocycles. The first-order valence-corrected chi connectivity index (χ1v) is 6.25. The fourth-order valence-electron chi connectivity index (χ4n) is 1.97. The van der Waals surface area contributed by atoms with Crippen LogP contribution in [0.25, 0.3) is 0 Å². The van der Waals surface area contributed by atoms with E-state index in [9.17, 15) is 9.90 Å². The maximum absolute atomic E-state index is 11.3. The van der Waals surface area contributed by atoms with Gasteiger partial charge in [-0.3, -0.25) is 4.79 Å². The molecule has 1 N–H and O–H groups in total. The third-order valence-electron chi connectivity index (χ3n) is 3.49. The van der Waals surface area contributed by atoms with Crippen LogP contribution in [0.1, 0.15) is 45.1 Å². The Morgan fingerprint density at radius 2 is 1.94 bits per heavy atom. The predicted molar refractivity (Wildman–Crippen MR) is 70.5 cm³/mol. The molecule has 1 aromatic rings. The fraction of sp³-hybridized carbons (Fsp3) is 0.500. The summed E-state index contributed by atoms with van der Waals surface area (Å²) in [5, 5.41) is 9.96. The smallest absolute Gasteiger partial charge is 0.309 e. The van der Waals surface area contributed by atoms with Crippen LogP contribution in [0.5, 0.6) is 0 Å². The molecule has 2 nitrogen and oxygen atoms in total. The Morgan fingerprint density at radius 1 is 1.41 bits per heavy atom. The largest absolute Gasteiger partial charge is 0.481 e. The number of carbonyl (C=O) groups is 1. The lowest BCUT2D eigenvalue weighted by atomic mass is 9.77. The molecule has 0 bridgehead atoms. The van der Waals surface area contributed by atoms with Gasteiger partial charge in [0.05, 0.1) is 5.41 Å². The minimum Gasteiger partial charge on any atom is -0.481 e. The van der Waals surface area contributed by atoms with E-state index in [1.54, 1.807) is 0 Å². The van der Waals surface area contributed by atoms with Crippen molar-refractivity contribution in [3.63, 3.8) is 0 Å². The van der Waals surface area contributed by atoms with Crippen molar-refractivity contribution in [3.8, 4) is 0 Å². The van der Waals surface area contributed by atoms with Gasteiger partial charge in [-0.25, -0.2) is 0 Å². The molecule has 0 saturated carbocycles. The van der Waals surface area contributed by atoms with Gasteiger partial charge >= 0.3 is 5.97 Å². The highest BCUT2D eigenvalue weighted by atomic mass is 35.5. The van der Waals surface area contributed by atoms with E-state index >= 15 is 0 Å². The average Bonchev–Trinajstić information content (AvgIpc) is 2.29. The topological polar surface area (TPSA) is 37.3 Å². The first kappa shape index (κ1) is 14.0. The third kappa shape index (κ3) is 3.47. The number of carboxylic acids is 1. The van der Waals surface area contributed by atoms with E-state index in [1.807, 2.05) is 38.1 Å². The SMILES string of the molecule is CCC(C)(CC(C)c1ccc(Cl)cc1)C(=O)O. The van der Waals surface area contributed by atoms with E-state index in [0.717, 1.165) is 5.56 Å². The molecular formula is C14H19ClO2. The van der Waals surface area contributed by atoms with Gasteiger partial charge in [0.25, 0.3) is 0 Å². The molecule has 0 radical (unpaired) electrons. The van der Waals surface area contributed by atoms with E-state index in [0.29, 0.717) is 17.9 Å². The van der Waals surface area contributed by atoms with Crippen molar-refractivity contribution in [1.82, 2.24) is 0 Å². The van der Waals surface area contributed by atoms with Gasteiger partial charge in [0.15, 0.2) is 0 Å². The Morgan fingerprint density at radius 3 is 2.35 bits per heavy atom. The van der Waals surface area contributed by atoms with E-state index in [2.05, 4.69) is 6.92 Å². The van der Waals surface area contributed by atoms with Crippen LogP contribution in [-0.2, 0) is 4.79 Å². The Kier molecular flexibility index (Phi) is 4.58. The summed E-state index contributed by atoms with van der Waals surface area (Å²) in [6.45, 7) is 5.78. The highest BCUT2D eigenvalue weighted by Crippen LogP contribution is 2.34. The minimum atomic E-state index is -0.721. The van der Waals surface area contributed by atoms with E-state index in [4.69, 9.17) is 11.6 Å². The van der Waals surface area contributed by atoms with Crippen LogP contribution in [0.2, 0.25) is 5.02 Å². The van der Waals surface area contributed by atoms with E-state index in [-0.39, 0.29) is 5.92 Å². The van der Waals surface area contributed by atoms with Crippen molar-refractivity contribution < 1.29 is 9.90 Å². The molecule has 0 aliphatic heterocycles. The van der Waals surface area contributed by atoms with Gasteiger partial charge in [0.1, 0.15) is 0 Å². The summed E-state index contributed by atoms with van der Waals surface area (Å²) in [7, 11) is 0. The summed E-state index contributed by atoms with van der Waals surface area (Å²) in [5.41, 5.74) is 0.481. The quantitative estimate of drug-likeness (QED) is 0.849. The van der Waals surface area contributed by atoms with Crippen LogP contribution < -0.4 is 0 Å². The number of halogens is 1. The molecule has 0 amide bonds. The van der Waals surface area contributed by atoms with Crippen molar-refractivity contribution in [2.24, 2.45) is 5.41 Å². The van der Waals surface area contributed by atoms with Crippen molar-refractivity contribution in [2.45, 2.75) is 39.5 Å². The molecule has 0 fully saturated rings. The summed E-state index contributed by atoms with van der Waals surface area (Å²) in [5.74, 6) is -0.505. The number of rotatable bonds is 5. The average molecular weight is 255 g/mol. The highest BCUT2D eigenvalue weighted by Gasteiger charge is 2.32. The lowest BCUT2D eigenvalue weighted by Crippen LogP contribution is -2.28. The van der Waals surface area contributed by atoms with Crippen LogP contribution in [0.4, 0.5) is 0 Å². The molecule has 0 aliphatic carbocycles. The second-order valence-corrected chi connectivity index (χ2v) is 5.31. The summed E-state index contributed by atoms with van der Waals surface area (Å²) in [4.78, 5) is 11.3. The van der Waals surface area contributed by atoms with Gasteiger partial charge in [0.2, 0.25) is 0 Å². The van der Waals surface area contributed by atoms with Crippen molar-refractivity contribution in [1.29, 1.82) is 0 Å². The summed E-state index contributed by atoms with van der Waals surface area (Å²) in [6.07, 6.45) is 1.28. The predicted octanol–water partition coefficient (Wildman–Crippen LogP) is 4.33. The molecule has 1 aromatic carbocycles. The number of hydrogen-bond acceptors (Lipinski definition) is 1. The highest BCUT2D eigenvalue weighted by molar-refractivity contribution is 6.30. The van der Waals surface area contributed by atoms with Gasteiger partial charge < -0.3 is 5.11 Å². The van der Waals surface area contributed by atoms with Gasteiger partial charge in [-0.05, 0) is 43.4 Å². The van der Waals surface area contributed by atoms with Crippen molar-refractivity contribution in [3.05, 3.63) is 34.9 Å². The molecule has 0 aliphatic rings. The van der Waals surface area contributed by atoms with Gasteiger partial charge in [0, 0.05) is 5.02 Å². The molecule has 1 rings (SSSR count). The maximum Gasteiger partial charge on any atom is 0.309 e. The standard InChI is InChI=1S/C14H19ClO2/c1-4-14(3,13(16)17)9-10(2)11-5-7-12(15)8-6-11/h5-8,10H,4,9H2,1-3H3,(H,16,17). The lowest BCUT2D eigenvalue weighted by Gasteiger charge is -2.26. The second-order valence-electron chi connectivity index (χ2n) is 4.88. The molecular weight excluding hydrogens is 236 g/mol. The van der Waals surface area contributed by atoms with Gasteiger partial charge in [-0.1, -0.05) is 37.6 Å². The second kappa shape index (κ2) is 5.54. The van der Waals surface area contributed by atoms with Gasteiger partial charge in [-0.2, -0.15) is 0 Å². The monoisotopic (exact) mass is 254 g/mol. The van der Waals surface area contributed by atoms with Crippen LogP contribution in [0, 0.1) is 5.41 Å². The first-order chi connectivity index (χ1) is 7.89. The Hall–Kier alpha value is -1.02. The molecule has 0 saturated heterocycles. The number of benzene rings is 1. The number of aliphatic carboxylic acids is 1. The summed E-state index contributed by atoms with van der Waals surface area (Å²) in [6, 6.07) is 7.62. The molecule has 17 heavy (non-hydrogen) atoms. The minimum absolute atomic E-state index is 0.216. The normalized spacial score (nSPS) is 16.2. The Labute approximate surface area is 108 Å². The lowest BCUT2D eigenvalue weighted by molar-refractivity contribution is -0.148. The zero-order valence-electron chi connectivity index (χ0n) is 10.5. The Bertz CT molecular complexity index is 386. The zero-order valence-corrected chi connectivity index (χ0v) is 11.3. The fourth-order valence-corrected chi connectivity index (χ4v) is 2.09. The number of carboxylic acid groups (broad SMARTS) is 1. The molecule has 0 aromatic heterocycles. The Balaban J connectivity index is 2.81. The number of hydrogen-bond donors (Lipinski definition) is 1. The molecule has 94 valence electrons. The molecule has 2 unspecified atom stereocenters. The van der Waals surface area contributed by atoms with Crippen LogP contribution >= 0.6 is 11.6 Å². The first-order valence-electron chi connectivity index (χ1n) is 5.88. The van der Waals surface area contributed by atoms with Gasteiger partial charge in [-0.15, -0.1) is 0 Å². The van der Waals surface area contributed by atoms with Crippen LogP contribution in [0.3, 0.4) is 0 Å². The maximum atomic E-state index is 11.3.